The lowest BCUT2D eigenvalue weighted by molar-refractivity contribution is 0.183. The van der Waals surface area contributed by atoms with Crippen LogP contribution < -0.4 is 5.32 Å². The van der Waals surface area contributed by atoms with Crippen molar-refractivity contribution in [3.63, 3.8) is 0 Å². The van der Waals surface area contributed by atoms with E-state index < -0.39 is 0 Å². The maximum Gasteiger partial charge on any atom is 0.136 e. The Labute approximate surface area is 173 Å². The number of benzene rings is 1. The maximum atomic E-state index is 10.6. The van der Waals surface area contributed by atoms with Crippen molar-refractivity contribution < 1.29 is 5.11 Å². The third kappa shape index (κ3) is 5.35. The number of thioether (sulfide) groups is 1. The second-order valence-corrected chi connectivity index (χ2v) is 9.27. The van der Waals surface area contributed by atoms with E-state index in [1.54, 1.807) is 11.8 Å². The number of nitrogens with one attached hydrogen (secondary N) is 1. The minimum absolute atomic E-state index is 0.223. The molecule has 1 aromatic rings. The van der Waals surface area contributed by atoms with E-state index >= 15 is 0 Å². The van der Waals surface area contributed by atoms with E-state index in [2.05, 4.69) is 46.1 Å². The molecule has 0 spiro atoms. The molecule has 2 N–H and O–H groups in total. The molecule has 0 aliphatic carbocycles. The van der Waals surface area contributed by atoms with E-state index in [-0.39, 0.29) is 6.04 Å². The van der Waals surface area contributed by atoms with Crippen molar-refractivity contribution in [2.45, 2.75) is 25.6 Å². The van der Waals surface area contributed by atoms with Crippen molar-refractivity contribution >= 4 is 28.3 Å². The van der Waals surface area contributed by atoms with Gasteiger partial charge in [-0.2, -0.15) is 0 Å². The predicted molar refractivity (Wildman–Crippen MR) is 119 cm³/mol. The molecule has 0 aromatic heterocycles. The number of nitrogens with zero attached hydrogens (tertiary/aromatic N) is 3. The largest absolute Gasteiger partial charge is 0.507 e. The highest BCUT2D eigenvalue weighted by atomic mass is 32.2. The Bertz CT molecular complexity index is 656. The van der Waals surface area contributed by atoms with Gasteiger partial charge in [-0.15, -0.1) is 0 Å². The Kier molecular flexibility index (Phi) is 7.39. The van der Waals surface area contributed by atoms with Gasteiger partial charge in [-0.25, -0.2) is 0 Å². The van der Waals surface area contributed by atoms with Gasteiger partial charge in [-0.1, -0.05) is 30.0 Å². The Hall–Kier alpha value is -0.860. The number of likely N-dealkylation sites (N-methyl/N-ethyl adjacent to an activating group) is 1. The molecule has 27 heavy (non-hydrogen) atoms. The minimum atomic E-state index is 0.223. The number of aromatic hydroxyl groups is 1. The first-order valence-corrected chi connectivity index (χ1v) is 11.2. The fourth-order valence-electron chi connectivity index (χ4n) is 3.78. The van der Waals surface area contributed by atoms with Gasteiger partial charge in [0.15, 0.2) is 0 Å². The first-order valence-electron chi connectivity index (χ1n) is 9.83. The first-order chi connectivity index (χ1) is 13.0. The van der Waals surface area contributed by atoms with Gasteiger partial charge in [0.25, 0.3) is 0 Å². The number of aryl methyl sites for hydroxylation is 1. The molecule has 150 valence electrons. The van der Waals surface area contributed by atoms with Gasteiger partial charge in [-0.3, -0.25) is 4.90 Å². The van der Waals surface area contributed by atoms with Gasteiger partial charge in [0.05, 0.1) is 0 Å². The summed E-state index contributed by atoms with van der Waals surface area (Å²) in [5, 5.41) is 14.0. The molecular formula is C20H32N4OS2. The summed E-state index contributed by atoms with van der Waals surface area (Å²) in [6, 6.07) is 4.50. The van der Waals surface area contributed by atoms with Crippen LogP contribution in [0, 0.1) is 6.92 Å². The molecule has 1 unspecified atom stereocenters. The average Bonchev–Trinajstić information content (AvgIpc) is 2.69. The first kappa shape index (κ1) is 20.9. The van der Waals surface area contributed by atoms with E-state index in [1.165, 1.54) is 5.56 Å². The van der Waals surface area contributed by atoms with Crippen molar-refractivity contribution in [3.05, 3.63) is 28.8 Å². The smallest absolute Gasteiger partial charge is 0.136 e. The van der Waals surface area contributed by atoms with Crippen LogP contribution in [0.3, 0.4) is 0 Å². The number of hydrogen-bond acceptors (Lipinski definition) is 6. The van der Waals surface area contributed by atoms with Gasteiger partial charge in [0.1, 0.15) is 10.1 Å². The second-order valence-electron chi connectivity index (χ2n) is 7.66. The highest BCUT2D eigenvalue weighted by molar-refractivity contribution is 8.22. The summed E-state index contributed by atoms with van der Waals surface area (Å²) >= 11 is 7.40. The van der Waals surface area contributed by atoms with Gasteiger partial charge < -0.3 is 20.2 Å². The lowest BCUT2D eigenvalue weighted by Crippen LogP contribution is -2.45. The van der Waals surface area contributed by atoms with Crippen molar-refractivity contribution in [1.82, 2.24) is 20.0 Å². The molecule has 0 saturated carbocycles. The van der Waals surface area contributed by atoms with Crippen LogP contribution in [0.1, 0.15) is 29.7 Å². The average molecular weight is 409 g/mol. The summed E-state index contributed by atoms with van der Waals surface area (Å²) in [5.41, 5.74) is 3.23. The highest BCUT2D eigenvalue weighted by Gasteiger charge is 2.22. The van der Waals surface area contributed by atoms with Crippen molar-refractivity contribution in [2.24, 2.45) is 0 Å². The Morgan fingerprint density at radius 2 is 1.85 bits per heavy atom. The molecule has 0 radical (unpaired) electrons. The van der Waals surface area contributed by atoms with Crippen LogP contribution in [0.5, 0.6) is 5.75 Å². The zero-order valence-corrected chi connectivity index (χ0v) is 18.3. The monoisotopic (exact) mass is 408 g/mol. The van der Waals surface area contributed by atoms with Crippen LogP contribution in [0.4, 0.5) is 0 Å². The highest BCUT2D eigenvalue weighted by Crippen LogP contribution is 2.33. The lowest BCUT2D eigenvalue weighted by atomic mass is 9.99. The fourth-order valence-corrected chi connectivity index (χ4v) is 4.96. The summed E-state index contributed by atoms with van der Waals surface area (Å²) in [7, 11) is 2.16. The number of rotatable bonds is 4. The van der Waals surface area contributed by atoms with Crippen molar-refractivity contribution in [3.8, 4) is 5.75 Å². The molecule has 2 heterocycles. The summed E-state index contributed by atoms with van der Waals surface area (Å²) in [6.45, 7) is 12.4. The lowest BCUT2D eigenvalue weighted by Gasteiger charge is -2.34. The number of phenols is 1. The molecule has 2 aliphatic heterocycles. The normalized spacial score (nSPS) is 20.6. The quantitative estimate of drug-likeness (QED) is 0.742. The van der Waals surface area contributed by atoms with Crippen LogP contribution >= 0.6 is 24.0 Å². The Morgan fingerprint density at radius 3 is 2.52 bits per heavy atom. The SMILES string of the molecule is Cc1cc(CSC(=S)N2CCN(C)CC2)cc(C(C)N2CCNCC2)c1O. The molecule has 1 atom stereocenters. The van der Waals surface area contributed by atoms with E-state index in [4.69, 9.17) is 12.2 Å². The Balaban J connectivity index is 1.65. The second kappa shape index (κ2) is 9.56. The summed E-state index contributed by atoms with van der Waals surface area (Å²) in [4.78, 5) is 7.10. The third-order valence-corrected chi connectivity index (χ3v) is 7.26. The van der Waals surface area contributed by atoms with Crippen molar-refractivity contribution in [2.75, 3.05) is 59.4 Å². The topological polar surface area (TPSA) is 42.0 Å². The van der Waals surface area contributed by atoms with E-state index in [9.17, 15) is 5.11 Å². The molecule has 1 aromatic carbocycles. The number of piperazine rings is 2. The summed E-state index contributed by atoms with van der Waals surface area (Å²) in [6.07, 6.45) is 0. The molecule has 3 rings (SSSR count). The van der Waals surface area contributed by atoms with E-state index in [0.717, 1.165) is 73.6 Å². The molecule has 7 heteroatoms. The summed E-state index contributed by atoms with van der Waals surface area (Å²) < 4.78 is 0.991. The van der Waals surface area contributed by atoms with Gasteiger partial charge in [-0.05, 0) is 38.1 Å². The van der Waals surface area contributed by atoms with Crippen LogP contribution in [0.15, 0.2) is 12.1 Å². The zero-order chi connectivity index (χ0) is 19.4. The van der Waals surface area contributed by atoms with E-state index in [1.807, 2.05) is 6.92 Å². The van der Waals surface area contributed by atoms with Gasteiger partial charge in [0, 0.05) is 69.7 Å². The zero-order valence-electron chi connectivity index (χ0n) is 16.7. The Morgan fingerprint density at radius 1 is 1.19 bits per heavy atom. The third-order valence-electron chi connectivity index (χ3n) is 5.66. The number of thiocarbonyl (C=S) groups is 1. The molecule has 2 fully saturated rings. The van der Waals surface area contributed by atoms with Gasteiger partial charge >= 0.3 is 0 Å². The molecule has 0 bridgehead atoms. The predicted octanol–water partition coefficient (Wildman–Crippen LogP) is 2.43. The van der Waals surface area contributed by atoms with Crippen molar-refractivity contribution in [1.29, 1.82) is 0 Å². The van der Waals surface area contributed by atoms with E-state index in [0.29, 0.717) is 5.75 Å². The van der Waals surface area contributed by atoms with Crippen LogP contribution in [0.2, 0.25) is 0 Å². The number of hydrogen-bond donors (Lipinski definition) is 2. The standard InChI is InChI=1S/C20H32N4OS2/c1-15-12-17(14-27-20(26)24-10-8-22(3)9-11-24)13-18(19(15)25)16(2)23-6-4-21-5-7-23/h12-13,16,21,25H,4-11,14H2,1-3H3. The molecule has 2 saturated heterocycles. The minimum Gasteiger partial charge on any atom is -0.507 e. The van der Waals surface area contributed by atoms with Gasteiger partial charge in [0.2, 0.25) is 0 Å². The fraction of sp³-hybridized carbons (Fsp3) is 0.650. The molecule has 2 aliphatic rings. The summed E-state index contributed by atoms with van der Waals surface area (Å²) in [5.74, 6) is 1.30. The molecule has 0 amide bonds. The number of phenolic OH excluding ortho intramolecular Hbond substituents is 1. The molecule has 5 nitrogen and oxygen atoms in total. The molecular weight excluding hydrogens is 376 g/mol. The van der Waals surface area contributed by atoms with Crippen LogP contribution in [-0.4, -0.2) is 83.5 Å². The van der Waals surface area contributed by atoms with Crippen LogP contribution in [-0.2, 0) is 5.75 Å². The maximum absolute atomic E-state index is 10.6. The van der Waals surface area contributed by atoms with Crippen LogP contribution in [0.25, 0.3) is 0 Å².